The van der Waals surface area contributed by atoms with Crippen LogP contribution >= 0.6 is 0 Å². The predicted molar refractivity (Wildman–Crippen MR) is 19.3 cm³/mol. The Bertz CT molecular complexity index is 36.0. The zero-order valence-corrected chi connectivity index (χ0v) is 6.92. The van der Waals surface area contributed by atoms with Crippen LogP contribution in [0.5, 0.6) is 0 Å². The Kier molecular flexibility index (Phi) is 12.9. The van der Waals surface area contributed by atoms with Gasteiger partial charge in [0.15, 0.2) is 0 Å². The second kappa shape index (κ2) is 5.72. The third-order valence-corrected chi connectivity index (χ3v) is 0. The van der Waals surface area contributed by atoms with E-state index < -0.39 is 7.25 Å². The van der Waals surface area contributed by atoms with E-state index in [9.17, 15) is 17.3 Å². The molecule has 0 nitrogen and oxygen atoms in total. The van der Waals surface area contributed by atoms with E-state index in [-0.39, 0.29) is 65.8 Å². The quantitative estimate of drug-likeness (QED) is 0.275. The van der Waals surface area contributed by atoms with Crippen molar-refractivity contribution in [3.8, 4) is 0 Å². The van der Waals surface area contributed by atoms with Crippen LogP contribution in [0.25, 0.3) is 0 Å². The van der Waals surface area contributed by atoms with Crippen molar-refractivity contribution < 1.29 is 72.9 Å². The third kappa shape index (κ3) is 93.8. The molecule has 0 spiro atoms. The molecule has 0 rings (SSSR count). The van der Waals surface area contributed by atoms with Crippen LogP contribution < -0.4 is 51.4 Å². The molecular weight excluding hydrogens is 135 g/mol. The summed E-state index contributed by atoms with van der Waals surface area (Å²) in [7, 11) is -6.00. The Labute approximate surface area is 89.2 Å². The average Bonchev–Trinajstić information content (AvgIpc) is 0.722. The number of halogens is 4. The van der Waals surface area contributed by atoms with Crippen molar-refractivity contribution in [3.05, 3.63) is 0 Å². The van der Waals surface area contributed by atoms with Crippen molar-refractivity contribution >= 4 is 17.4 Å². The fourth-order valence-electron chi connectivity index (χ4n) is 0. The molecule has 0 unspecified atom stereocenters. The van der Waals surface area contributed by atoms with Gasteiger partial charge in [-0.2, -0.15) is 0 Å². The molecule has 38 valence electrons. The maximum Gasteiger partial charge on any atom is 2.00 e. The first-order valence-corrected chi connectivity index (χ1v) is 0.873. The molecule has 0 aromatic heterocycles. The van der Waals surface area contributed by atoms with E-state index in [1.54, 1.807) is 0 Å². The predicted octanol–water partition coefficient (Wildman–Crippen LogP) is -1.74. The normalized spacial score (nSPS) is 8.57. The molecule has 7 heteroatoms. The molecule has 0 aromatic rings. The number of hydrogen-bond donors (Lipinski definition) is 0. The summed E-state index contributed by atoms with van der Waals surface area (Å²) in [5.41, 5.74) is 0. The molecule has 0 saturated heterocycles. The molecular formula is H3BBeF4K-. The summed E-state index contributed by atoms with van der Waals surface area (Å²) >= 11 is 0. The fraction of sp³-hybridized carbons (Fsp3) is 0. The smallest absolute Gasteiger partial charge is 1.00 e. The van der Waals surface area contributed by atoms with E-state index in [1.165, 1.54) is 0 Å². The molecule has 0 aliphatic carbocycles. The molecule has 0 heterocycles. The monoisotopic (exact) mass is 138 g/mol. The van der Waals surface area contributed by atoms with Crippen LogP contribution in [0.4, 0.5) is 17.3 Å². The second-order valence-corrected chi connectivity index (χ2v) is 0.495. The minimum absolute atomic E-state index is 0. The first-order chi connectivity index (χ1) is 2.00. The Morgan fingerprint density at radius 3 is 1.00 bits per heavy atom. The number of hydrogen-bond acceptors (Lipinski definition) is 0. The fourth-order valence-corrected chi connectivity index (χ4v) is 0. The van der Waals surface area contributed by atoms with Crippen LogP contribution in [0.2, 0.25) is 0 Å². The Morgan fingerprint density at radius 1 is 1.00 bits per heavy atom. The van der Waals surface area contributed by atoms with Gasteiger partial charge in [0.25, 0.3) is 0 Å². The number of rotatable bonds is 0. The molecule has 7 heavy (non-hydrogen) atoms. The molecule has 0 bridgehead atoms. The van der Waals surface area contributed by atoms with Crippen molar-refractivity contribution in [1.29, 1.82) is 0 Å². The molecule has 0 atom stereocenters. The van der Waals surface area contributed by atoms with E-state index in [4.69, 9.17) is 0 Å². The molecule has 0 saturated carbocycles. The zero-order valence-electron chi connectivity index (χ0n) is 6.80. The minimum atomic E-state index is -6.00. The van der Waals surface area contributed by atoms with Gasteiger partial charge in [-0.05, 0) is 0 Å². The summed E-state index contributed by atoms with van der Waals surface area (Å²) in [4.78, 5) is 0. The van der Waals surface area contributed by atoms with Gasteiger partial charge in [-0.15, -0.1) is 0 Å². The van der Waals surface area contributed by atoms with Gasteiger partial charge < -0.3 is 21.5 Å². The molecule has 0 aromatic carbocycles. The van der Waals surface area contributed by atoms with Gasteiger partial charge in [-0.3, -0.25) is 0 Å². The van der Waals surface area contributed by atoms with E-state index >= 15 is 0 Å². The summed E-state index contributed by atoms with van der Waals surface area (Å²) < 4.78 is 39.0. The molecule has 0 aliphatic heterocycles. The Morgan fingerprint density at radius 2 is 1.00 bits per heavy atom. The van der Waals surface area contributed by atoms with Gasteiger partial charge in [0, 0.05) is 0 Å². The largest absolute Gasteiger partial charge is 2.00 e. The minimum Gasteiger partial charge on any atom is -1.00 e. The topological polar surface area (TPSA) is 0 Å². The van der Waals surface area contributed by atoms with E-state index in [0.29, 0.717) is 0 Å². The van der Waals surface area contributed by atoms with E-state index in [0.717, 1.165) is 0 Å². The van der Waals surface area contributed by atoms with Crippen molar-refractivity contribution in [2.75, 3.05) is 0 Å². The average molecular weight is 138 g/mol. The van der Waals surface area contributed by atoms with Gasteiger partial charge >= 0.3 is 68.8 Å². The molecule has 0 amide bonds. The SMILES string of the molecule is F[B-](F)(F)F.[Be+2].[H-].[H-].[H-].[K+]. The molecule has 0 radical (unpaired) electrons. The van der Waals surface area contributed by atoms with Gasteiger partial charge in [0.2, 0.25) is 0 Å². The van der Waals surface area contributed by atoms with Crippen molar-refractivity contribution in [2.24, 2.45) is 0 Å². The standard InChI is InChI=1S/BF4.Be.K.3H/c2-1(3,4)5;;;;;/q-1;+2;+1;3*-1. The van der Waals surface area contributed by atoms with Crippen LogP contribution in [-0.4, -0.2) is 17.4 Å². The van der Waals surface area contributed by atoms with Crippen molar-refractivity contribution in [1.82, 2.24) is 0 Å². The first-order valence-electron chi connectivity index (χ1n) is 0.873. The summed E-state index contributed by atoms with van der Waals surface area (Å²) in [6.07, 6.45) is 0. The van der Waals surface area contributed by atoms with Crippen LogP contribution in [0.15, 0.2) is 0 Å². The van der Waals surface area contributed by atoms with Gasteiger partial charge in [0.1, 0.15) is 0 Å². The van der Waals surface area contributed by atoms with Gasteiger partial charge in [-0.25, -0.2) is 0 Å². The van der Waals surface area contributed by atoms with E-state index in [1.807, 2.05) is 0 Å². The van der Waals surface area contributed by atoms with Crippen molar-refractivity contribution in [3.63, 3.8) is 0 Å². The van der Waals surface area contributed by atoms with E-state index in [2.05, 4.69) is 0 Å². The van der Waals surface area contributed by atoms with Crippen LogP contribution in [0.1, 0.15) is 4.28 Å². The Balaban J connectivity index is -0.00000000800. The second-order valence-electron chi connectivity index (χ2n) is 0.495. The summed E-state index contributed by atoms with van der Waals surface area (Å²) in [6.45, 7) is 0. The summed E-state index contributed by atoms with van der Waals surface area (Å²) in [6, 6.07) is 0. The molecule has 0 N–H and O–H groups in total. The summed E-state index contributed by atoms with van der Waals surface area (Å²) in [5, 5.41) is 0. The van der Waals surface area contributed by atoms with Crippen molar-refractivity contribution in [2.45, 2.75) is 0 Å². The molecule has 0 fully saturated rings. The maximum absolute atomic E-state index is 9.75. The first kappa shape index (κ1) is 15.8. The van der Waals surface area contributed by atoms with Gasteiger partial charge in [-0.1, -0.05) is 0 Å². The zero-order chi connectivity index (χ0) is 4.50. The maximum atomic E-state index is 9.75. The van der Waals surface area contributed by atoms with Crippen LogP contribution in [0.3, 0.4) is 0 Å². The summed E-state index contributed by atoms with van der Waals surface area (Å²) in [5.74, 6) is 0. The third-order valence-electron chi connectivity index (χ3n) is 0. The molecule has 0 aliphatic rings. The van der Waals surface area contributed by atoms with Crippen LogP contribution in [-0.2, 0) is 0 Å². The van der Waals surface area contributed by atoms with Gasteiger partial charge in [0.05, 0.1) is 0 Å². The van der Waals surface area contributed by atoms with Crippen LogP contribution in [0, 0.1) is 0 Å². The Hall–Kier alpha value is 1.59.